The third-order valence-corrected chi connectivity index (χ3v) is 3.91. The zero-order valence-corrected chi connectivity index (χ0v) is 15.3. The van der Waals surface area contributed by atoms with Crippen molar-refractivity contribution in [2.45, 2.75) is 13.5 Å². The van der Waals surface area contributed by atoms with Crippen LogP contribution in [0, 0.1) is 5.82 Å². The Bertz CT molecular complexity index is 760. The average Bonchev–Trinajstić information content (AvgIpc) is 2.60. The highest BCUT2D eigenvalue weighted by Gasteiger charge is 2.15. The summed E-state index contributed by atoms with van der Waals surface area (Å²) in [6.45, 7) is 3.07. The molecule has 2 rings (SSSR count). The molecular weight excluding hydrogens is 333 g/mol. The van der Waals surface area contributed by atoms with Crippen LogP contribution in [-0.4, -0.2) is 48.8 Å². The first kappa shape index (κ1) is 19.6. The summed E-state index contributed by atoms with van der Waals surface area (Å²) in [5.74, 6) is -0.365. The molecule has 138 valence electrons. The van der Waals surface area contributed by atoms with Crippen molar-refractivity contribution in [3.05, 3.63) is 65.5 Å². The fourth-order valence-electron chi connectivity index (χ4n) is 2.40. The molecule has 5 nitrogen and oxygen atoms in total. The van der Waals surface area contributed by atoms with E-state index in [9.17, 15) is 14.0 Å². The number of hydrogen-bond donors (Lipinski definition) is 1. The van der Waals surface area contributed by atoms with Gasteiger partial charge >= 0.3 is 6.03 Å². The molecule has 0 atom stereocenters. The predicted octanol–water partition coefficient (Wildman–Crippen LogP) is 3.62. The van der Waals surface area contributed by atoms with Crippen molar-refractivity contribution in [2.24, 2.45) is 0 Å². The summed E-state index contributed by atoms with van der Waals surface area (Å²) < 4.78 is 13.1. The van der Waals surface area contributed by atoms with Gasteiger partial charge in [-0.05, 0) is 50.8 Å². The van der Waals surface area contributed by atoms with Gasteiger partial charge in [0.15, 0.2) is 5.78 Å². The lowest BCUT2D eigenvalue weighted by molar-refractivity contribution is 0.101. The van der Waals surface area contributed by atoms with Gasteiger partial charge in [-0.2, -0.15) is 0 Å². The van der Waals surface area contributed by atoms with Crippen molar-refractivity contribution in [2.75, 3.05) is 32.5 Å². The molecule has 6 heteroatoms. The van der Waals surface area contributed by atoms with E-state index in [0.29, 0.717) is 30.9 Å². The molecule has 0 aliphatic carbocycles. The highest BCUT2D eigenvalue weighted by atomic mass is 19.1. The summed E-state index contributed by atoms with van der Waals surface area (Å²) in [5.41, 5.74) is 1.95. The van der Waals surface area contributed by atoms with Crippen LogP contribution in [0.2, 0.25) is 0 Å². The van der Waals surface area contributed by atoms with Gasteiger partial charge in [-0.15, -0.1) is 0 Å². The summed E-state index contributed by atoms with van der Waals surface area (Å²) >= 11 is 0. The van der Waals surface area contributed by atoms with Crippen LogP contribution in [-0.2, 0) is 6.54 Å². The van der Waals surface area contributed by atoms with E-state index in [1.807, 2.05) is 19.0 Å². The van der Waals surface area contributed by atoms with Gasteiger partial charge in [0.25, 0.3) is 0 Å². The smallest absolute Gasteiger partial charge is 0.319 e. The van der Waals surface area contributed by atoms with Crippen molar-refractivity contribution in [1.29, 1.82) is 0 Å². The van der Waals surface area contributed by atoms with Crippen LogP contribution in [0.1, 0.15) is 22.8 Å². The van der Waals surface area contributed by atoms with Crippen LogP contribution >= 0.6 is 0 Å². The van der Waals surface area contributed by atoms with Crippen LogP contribution < -0.4 is 5.32 Å². The molecule has 0 aliphatic heterocycles. The van der Waals surface area contributed by atoms with Crippen molar-refractivity contribution in [1.82, 2.24) is 9.80 Å². The lowest BCUT2D eigenvalue weighted by Crippen LogP contribution is -2.39. The Labute approximate surface area is 153 Å². The highest BCUT2D eigenvalue weighted by Crippen LogP contribution is 2.13. The van der Waals surface area contributed by atoms with Gasteiger partial charge in [0, 0.05) is 30.9 Å². The second-order valence-electron chi connectivity index (χ2n) is 6.42. The zero-order chi connectivity index (χ0) is 19.1. The summed E-state index contributed by atoms with van der Waals surface area (Å²) in [7, 11) is 3.87. The van der Waals surface area contributed by atoms with Gasteiger partial charge in [0.1, 0.15) is 5.82 Å². The number of nitrogens with zero attached hydrogens (tertiary/aromatic N) is 2. The largest absolute Gasteiger partial charge is 0.322 e. The van der Waals surface area contributed by atoms with E-state index in [2.05, 4.69) is 5.32 Å². The molecule has 0 spiro atoms. The SMILES string of the molecule is CC(=O)c1cccc(NC(=O)N(CCN(C)C)Cc2ccc(F)cc2)c1. The summed E-state index contributed by atoms with van der Waals surface area (Å²) in [6.07, 6.45) is 0. The molecule has 2 aromatic rings. The van der Waals surface area contributed by atoms with Crippen LogP contribution in [0.3, 0.4) is 0 Å². The van der Waals surface area contributed by atoms with Gasteiger partial charge in [0.2, 0.25) is 0 Å². The normalized spacial score (nSPS) is 10.7. The van der Waals surface area contributed by atoms with Gasteiger partial charge in [-0.25, -0.2) is 9.18 Å². The second-order valence-corrected chi connectivity index (χ2v) is 6.42. The third-order valence-electron chi connectivity index (χ3n) is 3.91. The molecule has 26 heavy (non-hydrogen) atoms. The van der Waals surface area contributed by atoms with Crippen LogP contribution in [0.4, 0.5) is 14.9 Å². The lowest BCUT2D eigenvalue weighted by Gasteiger charge is -2.25. The third kappa shape index (κ3) is 5.97. The molecule has 1 N–H and O–H groups in total. The molecule has 2 aromatic carbocycles. The van der Waals surface area contributed by atoms with Gasteiger partial charge in [-0.3, -0.25) is 4.79 Å². The number of halogens is 1. The summed E-state index contributed by atoms with van der Waals surface area (Å²) in [5, 5.41) is 2.83. The highest BCUT2D eigenvalue weighted by molar-refractivity contribution is 5.96. The number of rotatable bonds is 7. The average molecular weight is 357 g/mol. The minimum Gasteiger partial charge on any atom is -0.319 e. The molecule has 0 unspecified atom stereocenters. The molecule has 0 bridgehead atoms. The molecule has 0 radical (unpaired) electrons. The number of anilines is 1. The predicted molar refractivity (Wildman–Crippen MR) is 101 cm³/mol. The van der Waals surface area contributed by atoms with Gasteiger partial charge < -0.3 is 15.1 Å². The Morgan fingerprint density at radius 3 is 2.35 bits per heavy atom. The van der Waals surface area contributed by atoms with Gasteiger partial charge in [0.05, 0.1) is 0 Å². The standard InChI is InChI=1S/C20H24FN3O2/c1-15(25)17-5-4-6-19(13-17)22-20(26)24(12-11-23(2)3)14-16-7-9-18(21)10-8-16/h4-10,13H,11-12,14H2,1-3H3,(H,22,26). The van der Waals surface area contributed by atoms with Crippen molar-refractivity contribution >= 4 is 17.5 Å². The number of hydrogen-bond acceptors (Lipinski definition) is 3. The number of ketones is 1. The van der Waals surface area contributed by atoms with E-state index in [-0.39, 0.29) is 17.6 Å². The van der Waals surface area contributed by atoms with Crippen LogP contribution in [0.15, 0.2) is 48.5 Å². The topological polar surface area (TPSA) is 52.7 Å². The van der Waals surface area contributed by atoms with E-state index in [1.165, 1.54) is 19.1 Å². The quantitative estimate of drug-likeness (QED) is 0.770. The Morgan fingerprint density at radius 1 is 1.04 bits per heavy atom. The number of carbonyl (C=O) groups excluding carboxylic acids is 2. The van der Waals surface area contributed by atoms with E-state index in [0.717, 1.165) is 5.56 Å². The zero-order valence-electron chi connectivity index (χ0n) is 15.3. The summed E-state index contributed by atoms with van der Waals surface area (Å²) in [4.78, 5) is 27.9. The Hall–Kier alpha value is -2.73. The van der Waals surface area contributed by atoms with E-state index in [1.54, 1.807) is 41.3 Å². The Balaban J connectivity index is 2.12. The van der Waals surface area contributed by atoms with Crippen molar-refractivity contribution in [3.8, 4) is 0 Å². The van der Waals surface area contributed by atoms with Gasteiger partial charge in [-0.1, -0.05) is 24.3 Å². The minimum atomic E-state index is -0.306. The maximum absolute atomic E-state index is 13.1. The molecule has 2 amide bonds. The number of amides is 2. The molecule has 0 saturated carbocycles. The first-order valence-corrected chi connectivity index (χ1v) is 8.41. The number of likely N-dealkylation sites (N-methyl/N-ethyl adjacent to an activating group) is 1. The maximum Gasteiger partial charge on any atom is 0.322 e. The van der Waals surface area contributed by atoms with E-state index in [4.69, 9.17) is 0 Å². The Morgan fingerprint density at radius 2 is 1.73 bits per heavy atom. The first-order valence-electron chi connectivity index (χ1n) is 8.41. The number of carbonyl (C=O) groups is 2. The monoisotopic (exact) mass is 357 g/mol. The first-order chi connectivity index (χ1) is 12.3. The molecule has 0 aliphatic rings. The molecule has 0 saturated heterocycles. The number of nitrogens with one attached hydrogen (secondary N) is 1. The maximum atomic E-state index is 13.1. The summed E-state index contributed by atoms with van der Waals surface area (Å²) in [6, 6.07) is 12.7. The molecule has 0 fully saturated rings. The number of urea groups is 1. The van der Waals surface area contributed by atoms with Crippen LogP contribution in [0.25, 0.3) is 0 Å². The fraction of sp³-hybridized carbons (Fsp3) is 0.300. The van der Waals surface area contributed by atoms with Crippen LogP contribution in [0.5, 0.6) is 0 Å². The molecule has 0 aromatic heterocycles. The number of Topliss-reactive ketones (excluding diaryl/α,β-unsaturated/α-hetero) is 1. The fourth-order valence-corrected chi connectivity index (χ4v) is 2.40. The second kappa shape index (κ2) is 9.10. The minimum absolute atomic E-state index is 0.0584. The number of benzene rings is 2. The van der Waals surface area contributed by atoms with Crippen molar-refractivity contribution in [3.63, 3.8) is 0 Å². The molecular formula is C20H24FN3O2. The van der Waals surface area contributed by atoms with Crippen molar-refractivity contribution < 1.29 is 14.0 Å². The van der Waals surface area contributed by atoms with E-state index < -0.39 is 0 Å². The van der Waals surface area contributed by atoms with E-state index >= 15 is 0 Å². The lowest BCUT2D eigenvalue weighted by atomic mass is 10.1. The Kier molecular flexibility index (Phi) is 6.86. The molecule has 0 heterocycles.